The van der Waals surface area contributed by atoms with Crippen LogP contribution in [0.2, 0.25) is 0 Å². The van der Waals surface area contributed by atoms with Crippen molar-refractivity contribution in [2.24, 2.45) is 0 Å². The fourth-order valence-electron chi connectivity index (χ4n) is 1.55. The van der Waals surface area contributed by atoms with Crippen LogP contribution in [0.15, 0.2) is 36.5 Å². The molecule has 94 valence electrons. The number of hydrogen-bond donors (Lipinski definition) is 1. The lowest BCUT2D eigenvalue weighted by molar-refractivity contribution is -0.0590. The lowest BCUT2D eigenvalue weighted by Crippen LogP contribution is -2.34. The second-order valence-electron chi connectivity index (χ2n) is 5.03. The number of nitrogens with one attached hydrogen (secondary N) is 1. The van der Waals surface area contributed by atoms with Gasteiger partial charge in [0.1, 0.15) is 5.69 Å². The van der Waals surface area contributed by atoms with Crippen LogP contribution in [0, 0.1) is 0 Å². The molecule has 4 heteroatoms. The third kappa shape index (κ3) is 2.84. The highest BCUT2D eigenvalue weighted by molar-refractivity contribution is 6.04. The molecule has 4 nitrogen and oxygen atoms in total. The number of carbonyl (C=O) groups is 1. The van der Waals surface area contributed by atoms with Crippen LogP contribution in [-0.2, 0) is 4.84 Å². The molecule has 0 saturated heterocycles. The quantitative estimate of drug-likeness (QED) is 0.826. The molecule has 1 aromatic heterocycles. The zero-order chi connectivity index (χ0) is 13.2. The van der Waals surface area contributed by atoms with E-state index in [1.807, 2.05) is 51.1 Å². The SMILES string of the molecule is CC(C)(C)ONC(=O)c1nccc2ccccc12. The van der Waals surface area contributed by atoms with Gasteiger partial charge in [0.2, 0.25) is 0 Å². The van der Waals surface area contributed by atoms with Crippen LogP contribution < -0.4 is 5.48 Å². The molecule has 0 spiro atoms. The van der Waals surface area contributed by atoms with Gasteiger partial charge in [-0.2, -0.15) is 0 Å². The van der Waals surface area contributed by atoms with Crippen molar-refractivity contribution < 1.29 is 9.63 Å². The Bertz CT molecular complexity index is 568. The van der Waals surface area contributed by atoms with Crippen molar-refractivity contribution in [3.8, 4) is 0 Å². The maximum Gasteiger partial charge on any atom is 0.294 e. The van der Waals surface area contributed by atoms with Crippen LogP contribution in [0.4, 0.5) is 0 Å². The van der Waals surface area contributed by atoms with E-state index in [1.54, 1.807) is 6.20 Å². The van der Waals surface area contributed by atoms with Crippen molar-refractivity contribution in [3.63, 3.8) is 0 Å². The summed E-state index contributed by atoms with van der Waals surface area (Å²) in [7, 11) is 0. The predicted molar refractivity (Wildman–Crippen MR) is 70.0 cm³/mol. The summed E-state index contributed by atoms with van der Waals surface area (Å²) >= 11 is 0. The first-order valence-electron chi connectivity index (χ1n) is 5.79. The molecule has 2 rings (SSSR count). The molecule has 1 heterocycles. The summed E-state index contributed by atoms with van der Waals surface area (Å²) in [5.41, 5.74) is 2.37. The summed E-state index contributed by atoms with van der Waals surface area (Å²) in [6.07, 6.45) is 1.62. The summed E-state index contributed by atoms with van der Waals surface area (Å²) in [5.74, 6) is -0.332. The van der Waals surface area contributed by atoms with Gasteiger partial charge in [0, 0.05) is 11.6 Å². The van der Waals surface area contributed by atoms with Crippen molar-refractivity contribution in [1.29, 1.82) is 0 Å². The highest BCUT2D eigenvalue weighted by atomic mass is 16.7. The number of fused-ring (bicyclic) bond motifs is 1. The Hall–Kier alpha value is -1.94. The van der Waals surface area contributed by atoms with Crippen LogP contribution in [0.5, 0.6) is 0 Å². The standard InChI is InChI=1S/C14H16N2O2/c1-14(2,3)18-16-13(17)12-11-7-5-4-6-10(11)8-9-15-12/h4-9H,1-3H3,(H,16,17). The van der Waals surface area contributed by atoms with E-state index in [4.69, 9.17) is 4.84 Å². The number of carbonyl (C=O) groups excluding carboxylic acids is 1. The number of aromatic nitrogens is 1. The molecule has 0 saturated carbocycles. The van der Waals surface area contributed by atoms with Gasteiger partial charge in [-0.15, -0.1) is 0 Å². The predicted octanol–water partition coefficient (Wildman–Crippen LogP) is 2.69. The van der Waals surface area contributed by atoms with E-state index in [-0.39, 0.29) is 5.91 Å². The van der Waals surface area contributed by atoms with E-state index in [1.165, 1.54) is 0 Å². The van der Waals surface area contributed by atoms with E-state index in [9.17, 15) is 4.79 Å². The molecule has 0 bridgehead atoms. The fraction of sp³-hybridized carbons (Fsp3) is 0.286. The van der Waals surface area contributed by atoms with Crippen molar-refractivity contribution in [2.75, 3.05) is 0 Å². The first-order valence-corrected chi connectivity index (χ1v) is 5.79. The highest BCUT2D eigenvalue weighted by Gasteiger charge is 2.16. The van der Waals surface area contributed by atoms with Gasteiger partial charge in [0.25, 0.3) is 5.91 Å². The minimum absolute atomic E-state index is 0.332. The first-order chi connectivity index (χ1) is 8.47. The smallest absolute Gasteiger partial charge is 0.268 e. The third-order valence-corrected chi connectivity index (χ3v) is 2.34. The normalized spacial score (nSPS) is 11.5. The number of hydroxylamine groups is 1. The maximum absolute atomic E-state index is 12.0. The molecule has 0 fully saturated rings. The van der Waals surface area contributed by atoms with Gasteiger partial charge in [-0.3, -0.25) is 14.6 Å². The Morgan fingerprint density at radius 3 is 2.67 bits per heavy atom. The number of pyridine rings is 1. The molecule has 1 amide bonds. The molecule has 0 atom stereocenters. The van der Waals surface area contributed by atoms with Crippen molar-refractivity contribution in [2.45, 2.75) is 26.4 Å². The van der Waals surface area contributed by atoms with Crippen LogP contribution in [0.25, 0.3) is 10.8 Å². The molecule has 2 aromatic rings. The Labute approximate surface area is 106 Å². The zero-order valence-corrected chi connectivity index (χ0v) is 10.7. The van der Waals surface area contributed by atoms with Gasteiger partial charge < -0.3 is 0 Å². The van der Waals surface area contributed by atoms with Crippen LogP contribution in [-0.4, -0.2) is 16.5 Å². The number of rotatable bonds is 2. The minimum atomic E-state index is -0.430. The van der Waals surface area contributed by atoms with E-state index in [0.717, 1.165) is 10.8 Å². The Morgan fingerprint density at radius 2 is 1.94 bits per heavy atom. The molecule has 0 aliphatic rings. The first kappa shape index (κ1) is 12.5. The highest BCUT2D eigenvalue weighted by Crippen LogP contribution is 2.16. The number of amides is 1. The number of nitrogens with zero attached hydrogens (tertiary/aromatic N) is 1. The molecule has 0 unspecified atom stereocenters. The monoisotopic (exact) mass is 244 g/mol. The number of benzene rings is 1. The fourth-order valence-corrected chi connectivity index (χ4v) is 1.55. The summed E-state index contributed by atoms with van der Waals surface area (Å²) in [4.78, 5) is 21.4. The molecular formula is C14H16N2O2. The summed E-state index contributed by atoms with van der Waals surface area (Å²) in [6, 6.07) is 9.49. The Balaban J connectivity index is 2.28. The van der Waals surface area contributed by atoms with Crippen LogP contribution >= 0.6 is 0 Å². The van der Waals surface area contributed by atoms with Gasteiger partial charge in [-0.25, -0.2) is 5.48 Å². The van der Waals surface area contributed by atoms with Gasteiger partial charge >= 0.3 is 0 Å². The minimum Gasteiger partial charge on any atom is -0.268 e. The third-order valence-electron chi connectivity index (χ3n) is 2.34. The zero-order valence-electron chi connectivity index (χ0n) is 10.7. The van der Waals surface area contributed by atoms with Gasteiger partial charge in [0.05, 0.1) is 5.60 Å². The van der Waals surface area contributed by atoms with Crippen molar-refractivity contribution in [3.05, 3.63) is 42.2 Å². The van der Waals surface area contributed by atoms with E-state index in [0.29, 0.717) is 5.69 Å². The molecule has 0 aliphatic heterocycles. The molecule has 0 radical (unpaired) electrons. The molecule has 0 aliphatic carbocycles. The lowest BCUT2D eigenvalue weighted by atomic mass is 10.1. The average Bonchev–Trinajstić information content (AvgIpc) is 2.34. The summed E-state index contributed by atoms with van der Waals surface area (Å²) in [5, 5.41) is 1.79. The molecule has 1 aromatic carbocycles. The topological polar surface area (TPSA) is 51.2 Å². The second kappa shape index (κ2) is 4.74. The van der Waals surface area contributed by atoms with Gasteiger partial charge in [-0.1, -0.05) is 24.3 Å². The Morgan fingerprint density at radius 1 is 1.22 bits per heavy atom. The van der Waals surface area contributed by atoms with Gasteiger partial charge in [-0.05, 0) is 32.2 Å². The largest absolute Gasteiger partial charge is 0.294 e. The van der Waals surface area contributed by atoms with Crippen LogP contribution in [0.1, 0.15) is 31.3 Å². The summed E-state index contributed by atoms with van der Waals surface area (Å²) < 4.78 is 0. The molecule has 18 heavy (non-hydrogen) atoms. The molecule has 1 N–H and O–H groups in total. The van der Waals surface area contributed by atoms with E-state index >= 15 is 0 Å². The number of hydrogen-bond acceptors (Lipinski definition) is 3. The average molecular weight is 244 g/mol. The van der Waals surface area contributed by atoms with Crippen molar-refractivity contribution in [1.82, 2.24) is 10.5 Å². The van der Waals surface area contributed by atoms with Crippen molar-refractivity contribution >= 4 is 16.7 Å². The van der Waals surface area contributed by atoms with E-state index in [2.05, 4.69) is 10.5 Å². The van der Waals surface area contributed by atoms with Crippen LogP contribution in [0.3, 0.4) is 0 Å². The lowest BCUT2D eigenvalue weighted by Gasteiger charge is -2.18. The molecular weight excluding hydrogens is 228 g/mol. The summed E-state index contributed by atoms with van der Waals surface area (Å²) in [6.45, 7) is 5.59. The van der Waals surface area contributed by atoms with Gasteiger partial charge in [0.15, 0.2) is 0 Å². The Kier molecular flexibility index (Phi) is 3.30. The van der Waals surface area contributed by atoms with E-state index < -0.39 is 5.60 Å². The second-order valence-corrected chi connectivity index (χ2v) is 5.03. The maximum atomic E-state index is 12.0.